The summed E-state index contributed by atoms with van der Waals surface area (Å²) in [7, 11) is 0. The molecule has 1 aromatic heterocycles. The average molecular weight is 271 g/mol. The highest BCUT2D eigenvalue weighted by Crippen LogP contribution is 2.26. The van der Waals surface area contributed by atoms with E-state index in [0.29, 0.717) is 24.0 Å². The van der Waals surface area contributed by atoms with E-state index in [0.717, 1.165) is 31.6 Å². The van der Waals surface area contributed by atoms with Crippen molar-refractivity contribution in [3.05, 3.63) is 22.9 Å². The van der Waals surface area contributed by atoms with Gasteiger partial charge in [0.1, 0.15) is 11.6 Å². The molecule has 0 bridgehead atoms. The summed E-state index contributed by atoms with van der Waals surface area (Å²) in [5.74, 6) is 1.08. The minimum absolute atomic E-state index is 0.535. The Balaban J connectivity index is 1.72. The van der Waals surface area contributed by atoms with Crippen LogP contribution in [0.15, 0.2) is 6.07 Å². The number of fused-ring (bicyclic) bond motifs is 1. The molecule has 2 heterocycles. The van der Waals surface area contributed by atoms with Crippen molar-refractivity contribution in [2.24, 2.45) is 5.92 Å². The molecule has 0 amide bonds. The second kappa shape index (κ2) is 6.23. The van der Waals surface area contributed by atoms with Gasteiger partial charge in [0.25, 0.3) is 0 Å². The van der Waals surface area contributed by atoms with Gasteiger partial charge in [-0.25, -0.2) is 4.98 Å². The molecule has 1 N–H and O–H groups in total. The van der Waals surface area contributed by atoms with Crippen LogP contribution < -0.4 is 10.1 Å². The fraction of sp³-hybridized carbons (Fsp3) is 0.625. The van der Waals surface area contributed by atoms with Gasteiger partial charge in [-0.1, -0.05) is 0 Å². The van der Waals surface area contributed by atoms with E-state index in [1.807, 2.05) is 6.07 Å². The van der Waals surface area contributed by atoms with Crippen LogP contribution in [-0.2, 0) is 12.8 Å². The molecule has 20 heavy (non-hydrogen) atoms. The summed E-state index contributed by atoms with van der Waals surface area (Å²) >= 11 is 0. The SMILES string of the molecule is N#Cc1cc2c(nc1OCC1CCCNC1)CCCC2. The number of nitrogens with zero attached hydrogens (tertiary/aromatic N) is 2. The molecule has 0 saturated carbocycles. The van der Waals surface area contributed by atoms with Crippen LogP contribution >= 0.6 is 0 Å². The lowest BCUT2D eigenvalue weighted by Gasteiger charge is -2.23. The zero-order valence-corrected chi connectivity index (χ0v) is 11.8. The number of nitriles is 1. The van der Waals surface area contributed by atoms with E-state index in [4.69, 9.17) is 4.74 Å². The topological polar surface area (TPSA) is 57.9 Å². The number of piperidine rings is 1. The molecule has 1 unspecified atom stereocenters. The van der Waals surface area contributed by atoms with Crippen LogP contribution in [-0.4, -0.2) is 24.7 Å². The first-order valence-electron chi connectivity index (χ1n) is 7.63. The lowest BCUT2D eigenvalue weighted by Crippen LogP contribution is -2.33. The van der Waals surface area contributed by atoms with Gasteiger partial charge in [0.2, 0.25) is 5.88 Å². The largest absolute Gasteiger partial charge is 0.476 e. The molecule has 0 radical (unpaired) electrons. The summed E-state index contributed by atoms with van der Waals surface area (Å²) in [6.07, 6.45) is 6.86. The molecule has 0 aromatic carbocycles. The minimum atomic E-state index is 0.535. The summed E-state index contributed by atoms with van der Waals surface area (Å²) in [5.41, 5.74) is 2.96. The first-order chi connectivity index (χ1) is 9.86. The van der Waals surface area contributed by atoms with Gasteiger partial charge in [0.15, 0.2) is 0 Å². The number of aryl methyl sites for hydroxylation is 2. The summed E-state index contributed by atoms with van der Waals surface area (Å²) in [6.45, 7) is 2.78. The maximum atomic E-state index is 9.27. The van der Waals surface area contributed by atoms with Gasteiger partial charge in [0, 0.05) is 18.2 Å². The maximum absolute atomic E-state index is 9.27. The van der Waals surface area contributed by atoms with E-state index in [2.05, 4.69) is 16.4 Å². The summed E-state index contributed by atoms with van der Waals surface area (Å²) in [4.78, 5) is 4.60. The van der Waals surface area contributed by atoms with E-state index in [-0.39, 0.29) is 0 Å². The van der Waals surface area contributed by atoms with Crippen molar-refractivity contribution in [2.75, 3.05) is 19.7 Å². The van der Waals surface area contributed by atoms with Crippen LogP contribution in [0.1, 0.15) is 42.5 Å². The van der Waals surface area contributed by atoms with Crippen molar-refractivity contribution in [2.45, 2.75) is 38.5 Å². The molecule has 0 spiro atoms. The van der Waals surface area contributed by atoms with Crippen LogP contribution in [0.2, 0.25) is 0 Å². The van der Waals surface area contributed by atoms with Gasteiger partial charge in [-0.3, -0.25) is 0 Å². The van der Waals surface area contributed by atoms with Crippen molar-refractivity contribution in [3.63, 3.8) is 0 Å². The third-order valence-corrected chi connectivity index (χ3v) is 4.24. The Bertz CT molecular complexity index is 515. The fourth-order valence-electron chi connectivity index (χ4n) is 3.07. The molecule has 4 nitrogen and oxygen atoms in total. The van der Waals surface area contributed by atoms with Crippen LogP contribution in [0, 0.1) is 17.2 Å². The summed E-state index contributed by atoms with van der Waals surface area (Å²) in [6, 6.07) is 4.21. The van der Waals surface area contributed by atoms with Gasteiger partial charge in [0.05, 0.1) is 6.61 Å². The molecular weight excluding hydrogens is 250 g/mol. The van der Waals surface area contributed by atoms with E-state index in [1.165, 1.54) is 31.2 Å². The van der Waals surface area contributed by atoms with Crippen LogP contribution in [0.25, 0.3) is 0 Å². The van der Waals surface area contributed by atoms with Crippen molar-refractivity contribution in [3.8, 4) is 11.9 Å². The van der Waals surface area contributed by atoms with E-state index < -0.39 is 0 Å². The second-order valence-corrected chi connectivity index (χ2v) is 5.79. The molecule has 1 aliphatic heterocycles. The number of rotatable bonds is 3. The quantitative estimate of drug-likeness (QED) is 0.915. The van der Waals surface area contributed by atoms with E-state index in [1.54, 1.807) is 0 Å². The van der Waals surface area contributed by atoms with E-state index >= 15 is 0 Å². The predicted molar refractivity (Wildman–Crippen MR) is 76.7 cm³/mol. The average Bonchev–Trinajstić information content (AvgIpc) is 2.53. The van der Waals surface area contributed by atoms with Crippen molar-refractivity contribution < 1.29 is 4.74 Å². The van der Waals surface area contributed by atoms with Gasteiger partial charge in [-0.15, -0.1) is 0 Å². The highest BCUT2D eigenvalue weighted by Gasteiger charge is 2.18. The third-order valence-electron chi connectivity index (χ3n) is 4.24. The third kappa shape index (κ3) is 2.94. The van der Waals surface area contributed by atoms with Gasteiger partial charge in [-0.05, 0) is 56.7 Å². The Hall–Kier alpha value is -1.60. The normalized spacial score (nSPS) is 21.9. The van der Waals surface area contributed by atoms with Crippen LogP contribution in [0.4, 0.5) is 0 Å². The Labute approximate surface area is 120 Å². The molecule has 2 aliphatic rings. The molecule has 4 heteroatoms. The molecule has 1 atom stereocenters. The monoisotopic (exact) mass is 271 g/mol. The van der Waals surface area contributed by atoms with Crippen molar-refractivity contribution >= 4 is 0 Å². The van der Waals surface area contributed by atoms with Crippen LogP contribution in [0.3, 0.4) is 0 Å². The van der Waals surface area contributed by atoms with Crippen LogP contribution in [0.5, 0.6) is 5.88 Å². The second-order valence-electron chi connectivity index (χ2n) is 5.79. The molecule has 1 aromatic rings. The molecule has 3 rings (SSSR count). The molecule has 1 aliphatic carbocycles. The van der Waals surface area contributed by atoms with Gasteiger partial charge in [-0.2, -0.15) is 5.26 Å². The Morgan fingerprint density at radius 3 is 3.05 bits per heavy atom. The van der Waals surface area contributed by atoms with Gasteiger partial charge < -0.3 is 10.1 Å². The summed E-state index contributed by atoms with van der Waals surface area (Å²) in [5, 5.41) is 12.7. The first kappa shape index (κ1) is 13.4. The van der Waals surface area contributed by atoms with E-state index in [9.17, 15) is 5.26 Å². The smallest absolute Gasteiger partial charge is 0.231 e. The zero-order valence-electron chi connectivity index (χ0n) is 11.8. The van der Waals surface area contributed by atoms with Crippen molar-refractivity contribution in [1.82, 2.24) is 10.3 Å². The number of hydrogen-bond acceptors (Lipinski definition) is 4. The minimum Gasteiger partial charge on any atom is -0.476 e. The zero-order chi connectivity index (χ0) is 13.8. The Kier molecular flexibility index (Phi) is 4.17. The molecular formula is C16H21N3O. The number of nitrogens with one attached hydrogen (secondary N) is 1. The number of aromatic nitrogens is 1. The highest BCUT2D eigenvalue weighted by molar-refractivity contribution is 5.43. The lowest BCUT2D eigenvalue weighted by molar-refractivity contribution is 0.211. The number of hydrogen-bond donors (Lipinski definition) is 1. The first-order valence-corrected chi connectivity index (χ1v) is 7.63. The maximum Gasteiger partial charge on any atom is 0.231 e. The number of ether oxygens (including phenoxy) is 1. The lowest BCUT2D eigenvalue weighted by atomic mass is 9.95. The standard InChI is InChI=1S/C16H21N3O/c17-9-14-8-13-5-1-2-6-15(13)19-16(14)20-11-12-4-3-7-18-10-12/h8,12,18H,1-7,10-11H2. The Morgan fingerprint density at radius 2 is 2.25 bits per heavy atom. The highest BCUT2D eigenvalue weighted by atomic mass is 16.5. The van der Waals surface area contributed by atoms with Crippen molar-refractivity contribution in [1.29, 1.82) is 5.26 Å². The predicted octanol–water partition coefficient (Wildman–Crippen LogP) is 2.21. The Morgan fingerprint density at radius 1 is 1.35 bits per heavy atom. The molecule has 1 fully saturated rings. The number of pyridine rings is 1. The molecule has 106 valence electrons. The molecule has 1 saturated heterocycles. The van der Waals surface area contributed by atoms with Gasteiger partial charge >= 0.3 is 0 Å². The fourth-order valence-corrected chi connectivity index (χ4v) is 3.07. The summed E-state index contributed by atoms with van der Waals surface area (Å²) < 4.78 is 5.86.